The maximum Gasteiger partial charge on any atom is 0.325 e. The third-order valence-corrected chi connectivity index (χ3v) is 3.86. The fraction of sp³-hybridized carbons (Fsp3) is 0.222. The van der Waals surface area contributed by atoms with Crippen LogP contribution in [0.3, 0.4) is 0 Å². The van der Waals surface area contributed by atoms with Gasteiger partial charge in [-0.25, -0.2) is 4.79 Å². The Balaban J connectivity index is 1.61. The molecular formula is C18H18N2O2. The fourth-order valence-electron chi connectivity index (χ4n) is 2.64. The molecule has 2 aromatic rings. The Hall–Kier alpha value is -2.62. The molecule has 1 aliphatic heterocycles. The lowest BCUT2D eigenvalue weighted by Gasteiger charge is -2.13. The van der Waals surface area contributed by atoms with E-state index in [4.69, 9.17) is 0 Å². The number of aryl methyl sites for hydroxylation is 1. The summed E-state index contributed by atoms with van der Waals surface area (Å²) in [6.07, 6.45) is 1.40. The molecule has 3 amide bonds. The molecule has 2 aromatic carbocycles. The zero-order valence-electron chi connectivity index (χ0n) is 12.2. The Morgan fingerprint density at radius 3 is 2.09 bits per heavy atom. The van der Waals surface area contributed by atoms with Crippen molar-refractivity contribution in [2.45, 2.75) is 25.4 Å². The second-order valence-corrected chi connectivity index (χ2v) is 5.44. The quantitative estimate of drug-likeness (QED) is 0.862. The summed E-state index contributed by atoms with van der Waals surface area (Å²) in [5, 5.41) is 2.78. The predicted octanol–water partition coefficient (Wildman–Crippen LogP) is 2.74. The molecule has 112 valence electrons. The van der Waals surface area contributed by atoms with Gasteiger partial charge in [-0.15, -0.1) is 0 Å². The summed E-state index contributed by atoms with van der Waals surface area (Å²) in [7, 11) is 0. The lowest BCUT2D eigenvalue weighted by molar-refractivity contribution is -0.128. The molecule has 4 heteroatoms. The fourth-order valence-corrected chi connectivity index (χ4v) is 2.64. The second kappa shape index (κ2) is 6.43. The monoisotopic (exact) mass is 294 g/mol. The first-order valence-corrected chi connectivity index (χ1v) is 7.44. The molecule has 1 N–H and O–H groups in total. The van der Waals surface area contributed by atoms with Crippen molar-refractivity contribution in [2.24, 2.45) is 0 Å². The van der Waals surface area contributed by atoms with Crippen LogP contribution in [0.25, 0.3) is 0 Å². The number of amides is 3. The van der Waals surface area contributed by atoms with Crippen molar-refractivity contribution >= 4 is 11.9 Å². The number of carbonyl (C=O) groups is 2. The van der Waals surface area contributed by atoms with Gasteiger partial charge in [0, 0.05) is 0 Å². The van der Waals surface area contributed by atoms with Crippen molar-refractivity contribution in [3.05, 3.63) is 71.8 Å². The maximum atomic E-state index is 12.4. The molecule has 0 saturated carbocycles. The van der Waals surface area contributed by atoms with Crippen LogP contribution in [0.2, 0.25) is 0 Å². The van der Waals surface area contributed by atoms with Gasteiger partial charge in [-0.3, -0.25) is 9.69 Å². The Labute approximate surface area is 129 Å². The third kappa shape index (κ3) is 3.17. The summed E-state index contributed by atoms with van der Waals surface area (Å²) in [4.78, 5) is 25.7. The largest absolute Gasteiger partial charge is 0.326 e. The van der Waals surface area contributed by atoms with Gasteiger partial charge in [-0.05, 0) is 24.0 Å². The zero-order chi connectivity index (χ0) is 15.4. The number of hydrogen-bond acceptors (Lipinski definition) is 2. The molecule has 1 saturated heterocycles. The number of rotatable bonds is 5. The molecule has 0 spiro atoms. The Bertz CT molecular complexity index is 655. The summed E-state index contributed by atoms with van der Waals surface area (Å²) in [5.41, 5.74) is 2.13. The van der Waals surface area contributed by atoms with Gasteiger partial charge in [0.15, 0.2) is 0 Å². The molecule has 0 aromatic heterocycles. The highest BCUT2D eigenvalue weighted by atomic mass is 16.2. The molecule has 0 aliphatic carbocycles. The highest BCUT2D eigenvalue weighted by molar-refractivity contribution is 6.04. The minimum absolute atomic E-state index is 0.134. The molecule has 1 fully saturated rings. The number of imide groups is 1. The normalized spacial score (nSPS) is 17.6. The number of nitrogens with one attached hydrogen (secondary N) is 1. The van der Waals surface area contributed by atoms with Gasteiger partial charge in [0.25, 0.3) is 5.91 Å². The molecule has 1 heterocycles. The highest BCUT2D eigenvalue weighted by Gasteiger charge is 2.37. The molecule has 0 radical (unpaired) electrons. The molecule has 0 bridgehead atoms. The molecular weight excluding hydrogens is 276 g/mol. The Morgan fingerprint density at radius 1 is 0.864 bits per heavy atom. The third-order valence-electron chi connectivity index (χ3n) is 3.86. The lowest BCUT2D eigenvalue weighted by atomic mass is 10.1. The molecule has 1 atom stereocenters. The van der Waals surface area contributed by atoms with Crippen LogP contribution in [-0.4, -0.2) is 22.9 Å². The van der Waals surface area contributed by atoms with Gasteiger partial charge in [-0.2, -0.15) is 0 Å². The summed E-state index contributed by atoms with van der Waals surface area (Å²) in [6.45, 7) is 0.327. The van der Waals surface area contributed by atoms with E-state index in [0.717, 1.165) is 12.0 Å². The Kier molecular flexibility index (Phi) is 4.19. The number of urea groups is 1. The van der Waals surface area contributed by atoms with Crippen molar-refractivity contribution in [1.29, 1.82) is 0 Å². The van der Waals surface area contributed by atoms with Crippen LogP contribution in [0.15, 0.2) is 60.7 Å². The van der Waals surface area contributed by atoms with E-state index in [1.165, 1.54) is 10.5 Å². The van der Waals surface area contributed by atoms with Gasteiger partial charge >= 0.3 is 6.03 Å². The van der Waals surface area contributed by atoms with E-state index >= 15 is 0 Å². The van der Waals surface area contributed by atoms with Crippen LogP contribution < -0.4 is 5.32 Å². The van der Waals surface area contributed by atoms with Crippen molar-refractivity contribution in [2.75, 3.05) is 0 Å². The summed E-state index contributed by atoms with van der Waals surface area (Å²) in [5.74, 6) is -0.134. The zero-order valence-corrected chi connectivity index (χ0v) is 12.2. The predicted molar refractivity (Wildman–Crippen MR) is 84.1 cm³/mol. The van der Waals surface area contributed by atoms with E-state index in [9.17, 15) is 9.59 Å². The molecule has 1 unspecified atom stereocenters. The smallest absolute Gasteiger partial charge is 0.325 e. The standard InChI is InChI=1S/C18H18N2O2/c21-17-16(12-11-14-7-3-1-4-8-14)19-18(22)20(17)13-15-9-5-2-6-10-15/h1-10,16H,11-13H2,(H,19,22). The van der Waals surface area contributed by atoms with Gasteiger partial charge in [-0.1, -0.05) is 60.7 Å². The summed E-state index contributed by atoms with van der Waals surface area (Å²) < 4.78 is 0. The highest BCUT2D eigenvalue weighted by Crippen LogP contribution is 2.15. The van der Waals surface area contributed by atoms with Gasteiger partial charge in [0.05, 0.1) is 6.54 Å². The number of hydrogen-bond donors (Lipinski definition) is 1. The van der Waals surface area contributed by atoms with E-state index in [0.29, 0.717) is 13.0 Å². The first kappa shape index (κ1) is 14.3. The second-order valence-electron chi connectivity index (χ2n) is 5.44. The van der Waals surface area contributed by atoms with Gasteiger partial charge < -0.3 is 5.32 Å². The van der Waals surface area contributed by atoms with Crippen LogP contribution in [0.4, 0.5) is 4.79 Å². The lowest BCUT2D eigenvalue weighted by Crippen LogP contribution is -2.31. The number of carbonyl (C=O) groups excluding carboxylic acids is 2. The van der Waals surface area contributed by atoms with Gasteiger partial charge in [0.2, 0.25) is 0 Å². The topological polar surface area (TPSA) is 49.4 Å². The molecule has 3 rings (SSSR count). The van der Waals surface area contributed by atoms with Crippen molar-refractivity contribution in [1.82, 2.24) is 10.2 Å². The van der Waals surface area contributed by atoms with E-state index in [-0.39, 0.29) is 11.9 Å². The van der Waals surface area contributed by atoms with Crippen molar-refractivity contribution in [3.63, 3.8) is 0 Å². The summed E-state index contributed by atoms with van der Waals surface area (Å²) in [6, 6.07) is 18.8. The van der Waals surface area contributed by atoms with Crippen LogP contribution in [0.1, 0.15) is 17.5 Å². The SMILES string of the molecule is O=C1NC(CCc2ccccc2)C(=O)N1Cc1ccccc1. The van der Waals surface area contributed by atoms with Crippen molar-refractivity contribution < 1.29 is 9.59 Å². The van der Waals surface area contributed by atoms with E-state index in [2.05, 4.69) is 5.32 Å². The van der Waals surface area contributed by atoms with E-state index < -0.39 is 6.04 Å². The van der Waals surface area contributed by atoms with Crippen LogP contribution in [0, 0.1) is 0 Å². The first-order chi connectivity index (χ1) is 10.7. The average Bonchev–Trinajstić information content (AvgIpc) is 2.82. The molecule has 22 heavy (non-hydrogen) atoms. The minimum Gasteiger partial charge on any atom is -0.326 e. The number of benzene rings is 2. The van der Waals surface area contributed by atoms with E-state index in [1.54, 1.807) is 0 Å². The minimum atomic E-state index is -0.420. The van der Waals surface area contributed by atoms with Gasteiger partial charge in [0.1, 0.15) is 6.04 Å². The average molecular weight is 294 g/mol. The van der Waals surface area contributed by atoms with Crippen LogP contribution >= 0.6 is 0 Å². The molecule has 1 aliphatic rings. The van der Waals surface area contributed by atoms with Crippen LogP contribution in [-0.2, 0) is 17.8 Å². The van der Waals surface area contributed by atoms with E-state index in [1.807, 2.05) is 60.7 Å². The molecule has 4 nitrogen and oxygen atoms in total. The first-order valence-electron chi connectivity index (χ1n) is 7.44. The maximum absolute atomic E-state index is 12.4. The number of nitrogens with zero attached hydrogens (tertiary/aromatic N) is 1. The van der Waals surface area contributed by atoms with Crippen molar-refractivity contribution in [3.8, 4) is 0 Å². The summed E-state index contributed by atoms with van der Waals surface area (Å²) >= 11 is 0. The van der Waals surface area contributed by atoms with Crippen LogP contribution in [0.5, 0.6) is 0 Å². The Morgan fingerprint density at radius 2 is 1.45 bits per heavy atom.